The Labute approximate surface area is 102 Å². The van der Waals surface area contributed by atoms with Gasteiger partial charge in [0.1, 0.15) is 5.82 Å². The highest BCUT2D eigenvalue weighted by atomic mass is 79.9. The van der Waals surface area contributed by atoms with E-state index >= 15 is 0 Å². The van der Waals surface area contributed by atoms with Gasteiger partial charge in [0, 0.05) is 18.3 Å². The van der Waals surface area contributed by atoms with Crippen molar-refractivity contribution in [2.24, 2.45) is 5.92 Å². The molecule has 0 radical (unpaired) electrons. The third-order valence-electron chi connectivity index (χ3n) is 2.65. The summed E-state index contributed by atoms with van der Waals surface area (Å²) >= 11 is 3.39. The maximum Gasteiger partial charge on any atom is 0.228 e. The lowest BCUT2D eigenvalue weighted by Gasteiger charge is -2.15. The average molecular weight is 285 g/mol. The van der Waals surface area contributed by atoms with E-state index in [9.17, 15) is 4.79 Å². The third kappa shape index (κ3) is 2.25. The summed E-state index contributed by atoms with van der Waals surface area (Å²) in [5.41, 5.74) is 0.590. The van der Waals surface area contributed by atoms with Crippen LogP contribution in [0.25, 0.3) is 0 Å². The van der Waals surface area contributed by atoms with Gasteiger partial charge >= 0.3 is 0 Å². The van der Waals surface area contributed by atoms with Crippen molar-refractivity contribution >= 4 is 27.7 Å². The van der Waals surface area contributed by atoms with Crippen LogP contribution in [0.15, 0.2) is 18.2 Å². The summed E-state index contributed by atoms with van der Waals surface area (Å²) in [5.74, 6) is 1.10. The summed E-state index contributed by atoms with van der Waals surface area (Å²) in [4.78, 5) is 17.7. The summed E-state index contributed by atoms with van der Waals surface area (Å²) in [6, 6.07) is 5.35. The van der Waals surface area contributed by atoms with Gasteiger partial charge in [-0.2, -0.15) is 0 Å². The number of anilines is 1. The molecule has 1 saturated heterocycles. The standard InChI is InChI=1S/C11H13BrN2O2/c12-5-8-4-11(16)14(6-8)10-3-1-2-9(7-15)13-10/h1-3,8,15H,4-7H2. The first-order chi connectivity index (χ1) is 7.74. The highest BCUT2D eigenvalue weighted by Gasteiger charge is 2.30. The molecule has 4 nitrogen and oxygen atoms in total. The number of hydrogen-bond donors (Lipinski definition) is 1. The van der Waals surface area contributed by atoms with E-state index in [0.717, 1.165) is 5.33 Å². The summed E-state index contributed by atoms with van der Waals surface area (Å²) in [5, 5.41) is 9.82. The van der Waals surface area contributed by atoms with Crippen molar-refractivity contribution in [1.82, 2.24) is 4.98 Å². The number of halogens is 1. The lowest BCUT2D eigenvalue weighted by molar-refractivity contribution is -0.117. The molecule has 1 unspecified atom stereocenters. The molecule has 16 heavy (non-hydrogen) atoms. The molecule has 1 aromatic rings. The Morgan fingerprint density at radius 2 is 2.38 bits per heavy atom. The number of rotatable bonds is 3. The lowest BCUT2D eigenvalue weighted by atomic mass is 10.2. The predicted octanol–water partition coefficient (Wildman–Crippen LogP) is 1.32. The Balaban J connectivity index is 2.20. The average Bonchev–Trinajstić information content (AvgIpc) is 2.71. The molecule has 1 aliphatic rings. The van der Waals surface area contributed by atoms with Gasteiger partial charge in [-0.15, -0.1) is 0 Å². The van der Waals surface area contributed by atoms with Gasteiger partial charge in [0.05, 0.1) is 12.3 Å². The molecule has 2 heterocycles. The van der Waals surface area contributed by atoms with Gasteiger partial charge in [-0.1, -0.05) is 22.0 Å². The van der Waals surface area contributed by atoms with E-state index in [0.29, 0.717) is 30.4 Å². The number of aromatic nitrogens is 1. The van der Waals surface area contributed by atoms with E-state index in [1.165, 1.54) is 0 Å². The molecule has 5 heteroatoms. The summed E-state index contributed by atoms with van der Waals surface area (Å²) in [6.07, 6.45) is 0.566. The number of amides is 1. The second-order valence-corrected chi connectivity index (χ2v) is 4.52. The van der Waals surface area contributed by atoms with Crippen LogP contribution in [0, 0.1) is 5.92 Å². The molecule has 1 aliphatic heterocycles. The van der Waals surface area contributed by atoms with Crippen LogP contribution in [-0.4, -0.2) is 27.9 Å². The third-order valence-corrected chi connectivity index (χ3v) is 3.57. The first kappa shape index (κ1) is 11.5. The number of hydrogen-bond acceptors (Lipinski definition) is 3. The zero-order valence-electron chi connectivity index (χ0n) is 8.77. The van der Waals surface area contributed by atoms with E-state index in [1.54, 1.807) is 17.0 Å². The quantitative estimate of drug-likeness (QED) is 0.852. The van der Waals surface area contributed by atoms with Crippen molar-refractivity contribution in [2.45, 2.75) is 13.0 Å². The zero-order valence-corrected chi connectivity index (χ0v) is 10.4. The van der Waals surface area contributed by atoms with Crippen molar-refractivity contribution in [1.29, 1.82) is 0 Å². The molecule has 86 valence electrons. The highest BCUT2D eigenvalue weighted by Crippen LogP contribution is 2.24. The van der Waals surface area contributed by atoms with Crippen LogP contribution in [0.4, 0.5) is 5.82 Å². The monoisotopic (exact) mass is 284 g/mol. The van der Waals surface area contributed by atoms with Crippen molar-refractivity contribution in [3.8, 4) is 0 Å². The Bertz CT molecular complexity index is 397. The van der Waals surface area contributed by atoms with Gasteiger partial charge in [0.2, 0.25) is 5.91 Å². The van der Waals surface area contributed by atoms with E-state index in [2.05, 4.69) is 20.9 Å². The van der Waals surface area contributed by atoms with E-state index < -0.39 is 0 Å². The Morgan fingerprint density at radius 3 is 3.00 bits per heavy atom. The number of aliphatic hydroxyl groups excluding tert-OH is 1. The maximum atomic E-state index is 11.7. The van der Waals surface area contributed by atoms with Crippen LogP contribution < -0.4 is 4.90 Å². The van der Waals surface area contributed by atoms with Crippen molar-refractivity contribution in [3.05, 3.63) is 23.9 Å². The predicted molar refractivity (Wildman–Crippen MR) is 64.4 cm³/mol. The minimum absolute atomic E-state index is 0.0995. The van der Waals surface area contributed by atoms with Crippen LogP contribution in [0.3, 0.4) is 0 Å². The van der Waals surface area contributed by atoms with E-state index in [1.807, 2.05) is 6.07 Å². The first-order valence-corrected chi connectivity index (χ1v) is 6.30. The van der Waals surface area contributed by atoms with Crippen LogP contribution in [0.2, 0.25) is 0 Å². The Hall–Kier alpha value is -0.940. The molecule has 2 rings (SSSR count). The summed E-state index contributed by atoms with van der Waals surface area (Å²) in [6.45, 7) is 0.601. The van der Waals surface area contributed by atoms with Crippen LogP contribution in [0.1, 0.15) is 12.1 Å². The summed E-state index contributed by atoms with van der Waals surface area (Å²) < 4.78 is 0. The van der Waals surface area contributed by atoms with E-state index in [-0.39, 0.29) is 12.5 Å². The van der Waals surface area contributed by atoms with Crippen LogP contribution in [0.5, 0.6) is 0 Å². The van der Waals surface area contributed by atoms with Gasteiger partial charge in [-0.25, -0.2) is 4.98 Å². The summed E-state index contributed by atoms with van der Waals surface area (Å²) in [7, 11) is 0. The number of alkyl halides is 1. The molecule has 1 aromatic heterocycles. The molecular formula is C11H13BrN2O2. The fraction of sp³-hybridized carbons (Fsp3) is 0.455. The largest absolute Gasteiger partial charge is 0.390 e. The minimum Gasteiger partial charge on any atom is -0.390 e. The van der Waals surface area contributed by atoms with Crippen molar-refractivity contribution < 1.29 is 9.90 Å². The molecule has 1 atom stereocenters. The van der Waals surface area contributed by atoms with Crippen molar-refractivity contribution in [2.75, 3.05) is 16.8 Å². The number of pyridine rings is 1. The molecule has 0 aromatic carbocycles. The lowest BCUT2D eigenvalue weighted by Crippen LogP contribution is -2.25. The van der Waals surface area contributed by atoms with Gasteiger partial charge in [-0.3, -0.25) is 9.69 Å². The smallest absolute Gasteiger partial charge is 0.228 e. The van der Waals surface area contributed by atoms with E-state index in [4.69, 9.17) is 5.11 Å². The molecular weight excluding hydrogens is 272 g/mol. The van der Waals surface area contributed by atoms with Crippen LogP contribution in [-0.2, 0) is 11.4 Å². The van der Waals surface area contributed by atoms with Crippen molar-refractivity contribution in [3.63, 3.8) is 0 Å². The van der Waals surface area contributed by atoms with Gasteiger partial charge in [0.25, 0.3) is 0 Å². The maximum absolute atomic E-state index is 11.7. The van der Waals surface area contributed by atoms with Crippen LogP contribution >= 0.6 is 15.9 Å². The molecule has 0 aliphatic carbocycles. The second kappa shape index (κ2) is 4.93. The van der Waals surface area contributed by atoms with Gasteiger partial charge < -0.3 is 5.11 Å². The number of carbonyl (C=O) groups is 1. The molecule has 0 saturated carbocycles. The highest BCUT2D eigenvalue weighted by molar-refractivity contribution is 9.09. The minimum atomic E-state index is -0.0995. The topological polar surface area (TPSA) is 53.4 Å². The number of carbonyl (C=O) groups excluding carboxylic acids is 1. The second-order valence-electron chi connectivity index (χ2n) is 3.87. The van der Waals surface area contributed by atoms with Gasteiger partial charge in [0.15, 0.2) is 0 Å². The Kier molecular flexibility index (Phi) is 3.56. The normalized spacial score (nSPS) is 20.5. The van der Waals surface area contributed by atoms with Gasteiger partial charge in [-0.05, 0) is 18.1 Å². The number of nitrogens with zero attached hydrogens (tertiary/aromatic N) is 2. The molecule has 0 bridgehead atoms. The first-order valence-electron chi connectivity index (χ1n) is 5.17. The SMILES string of the molecule is O=C1CC(CBr)CN1c1cccc(CO)n1. The molecule has 1 fully saturated rings. The molecule has 1 amide bonds. The fourth-order valence-corrected chi connectivity index (χ4v) is 2.25. The zero-order chi connectivity index (χ0) is 11.5. The Morgan fingerprint density at radius 1 is 1.56 bits per heavy atom. The molecule has 0 spiro atoms. The molecule has 1 N–H and O–H groups in total. The number of aliphatic hydroxyl groups is 1. The fourth-order valence-electron chi connectivity index (χ4n) is 1.81.